The molecule has 0 aliphatic carbocycles. The summed E-state index contributed by atoms with van der Waals surface area (Å²) in [6, 6.07) is 11.5. The highest BCUT2D eigenvalue weighted by Crippen LogP contribution is 2.32. The Kier molecular flexibility index (Phi) is 6.15. The molecule has 0 fully saturated rings. The van der Waals surface area contributed by atoms with E-state index in [1.54, 1.807) is 19.1 Å². The minimum absolute atomic E-state index is 0.159. The van der Waals surface area contributed by atoms with Crippen LogP contribution in [0, 0.1) is 11.3 Å². The van der Waals surface area contributed by atoms with Crippen molar-refractivity contribution in [2.45, 2.75) is 13.5 Å². The van der Waals surface area contributed by atoms with Gasteiger partial charge in [-0.25, -0.2) is 0 Å². The smallest absolute Gasteiger partial charge is 0.326 e. The van der Waals surface area contributed by atoms with Gasteiger partial charge in [-0.1, -0.05) is 34.5 Å². The van der Waals surface area contributed by atoms with Gasteiger partial charge in [0.2, 0.25) is 0 Å². The zero-order valence-corrected chi connectivity index (χ0v) is 16.9. The lowest BCUT2D eigenvalue weighted by Crippen LogP contribution is -2.23. The molecule has 1 amide bonds. The van der Waals surface area contributed by atoms with E-state index in [9.17, 15) is 9.59 Å². The number of amides is 1. The molecule has 0 spiro atoms. The lowest BCUT2D eigenvalue weighted by Gasteiger charge is -2.07. The Bertz CT molecular complexity index is 1170. The van der Waals surface area contributed by atoms with Crippen molar-refractivity contribution in [1.29, 1.82) is 5.26 Å². The molecule has 0 radical (unpaired) electrons. The first-order chi connectivity index (χ1) is 13.4. The summed E-state index contributed by atoms with van der Waals surface area (Å²) in [5.41, 5.74) is 1.28. The molecule has 3 aromatic rings. The van der Waals surface area contributed by atoms with Gasteiger partial charge in [-0.2, -0.15) is 10.3 Å². The Morgan fingerprint density at radius 1 is 1.21 bits per heavy atom. The van der Waals surface area contributed by atoms with Crippen molar-refractivity contribution in [2.24, 2.45) is 4.99 Å². The summed E-state index contributed by atoms with van der Waals surface area (Å²) in [5.74, 6) is -0.985. The number of benzene rings is 2. The van der Waals surface area contributed by atoms with Crippen molar-refractivity contribution in [2.75, 3.05) is 6.61 Å². The minimum Gasteiger partial charge on any atom is -0.465 e. The van der Waals surface area contributed by atoms with Crippen LogP contribution in [0.5, 0.6) is 0 Å². The van der Waals surface area contributed by atoms with Gasteiger partial charge in [0.15, 0.2) is 4.80 Å². The first-order valence-corrected chi connectivity index (χ1v) is 9.74. The molecule has 0 bridgehead atoms. The Balaban J connectivity index is 2.14. The fraction of sp³-hybridized carbons (Fsp3) is 0.158. The van der Waals surface area contributed by atoms with Crippen molar-refractivity contribution in [1.82, 2.24) is 4.57 Å². The molecule has 142 valence electrons. The molecular formula is C19H13Cl2N3O3S. The maximum atomic E-state index is 12.6. The predicted molar refractivity (Wildman–Crippen MR) is 108 cm³/mol. The van der Waals surface area contributed by atoms with E-state index in [4.69, 9.17) is 33.2 Å². The van der Waals surface area contributed by atoms with E-state index < -0.39 is 11.9 Å². The second-order valence-corrected chi connectivity index (χ2v) is 7.38. The molecule has 1 heterocycles. The van der Waals surface area contributed by atoms with Gasteiger partial charge in [-0.3, -0.25) is 9.59 Å². The van der Waals surface area contributed by atoms with Crippen molar-refractivity contribution in [3.8, 4) is 6.07 Å². The number of ether oxygens (including phenoxy) is 1. The quantitative estimate of drug-likeness (QED) is 0.577. The van der Waals surface area contributed by atoms with Crippen LogP contribution in [0.4, 0.5) is 0 Å². The molecule has 0 atom stereocenters. The Morgan fingerprint density at radius 3 is 2.57 bits per heavy atom. The molecule has 0 unspecified atom stereocenters. The first kappa shape index (κ1) is 20.1. The normalized spacial score (nSPS) is 11.4. The number of esters is 1. The molecular weight excluding hydrogens is 421 g/mol. The average Bonchev–Trinajstić information content (AvgIpc) is 3.02. The lowest BCUT2D eigenvalue weighted by atomic mass is 10.1. The number of aromatic nitrogens is 1. The zero-order valence-electron chi connectivity index (χ0n) is 14.6. The summed E-state index contributed by atoms with van der Waals surface area (Å²) in [4.78, 5) is 29.1. The van der Waals surface area contributed by atoms with Crippen LogP contribution in [-0.2, 0) is 16.1 Å². The number of thiazole rings is 1. The van der Waals surface area contributed by atoms with E-state index >= 15 is 0 Å². The first-order valence-electron chi connectivity index (χ1n) is 8.16. The fourth-order valence-electron chi connectivity index (χ4n) is 2.51. The molecule has 6 nitrogen and oxygen atoms in total. The van der Waals surface area contributed by atoms with Crippen LogP contribution in [0.25, 0.3) is 10.2 Å². The highest BCUT2D eigenvalue weighted by atomic mass is 35.5. The van der Waals surface area contributed by atoms with Crippen LogP contribution in [0.1, 0.15) is 22.8 Å². The van der Waals surface area contributed by atoms with E-state index in [0.717, 1.165) is 4.70 Å². The summed E-state index contributed by atoms with van der Waals surface area (Å²) >= 11 is 13.7. The van der Waals surface area contributed by atoms with Gasteiger partial charge in [-0.05, 0) is 43.3 Å². The summed E-state index contributed by atoms with van der Waals surface area (Å²) in [6.07, 6.45) is 0. The molecule has 0 aliphatic heterocycles. The molecule has 28 heavy (non-hydrogen) atoms. The largest absolute Gasteiger partial charge is 0.465 e. The number of halogens is 2. The third kappa shape index (κ3) is 4.09. The number of fused-ring (bicyclic) bond motifs is 1. The monoisotopic (exact) mass is 433 g/mol. The summed E-state index contributed by atoms with van der Waals surface area (Å²) in [6.45, 7) is 1.78. The van der Waals surface area contributed by atoms with Crippen LogP contribution in [0.15, 0.2) is 41.4 Å². The SMILES string of the molecule is CCOC(=O)Cn1c(=NC(=O)c2ccc(C#N)cc2)sc2ccc(Cl)c(Cl)c21. The zero-order chi connectivity index (χ0) is 20.3. The Labute approximate surface area is 174 Å². The standard InChI is InChI=1S/C19H13Cl2N3O3S/c1-2-27-15(25)10-24-17-14(8-7-13(20)16(17)21)28-19(24)23-18(26)12-5-3-11(9-22)4-6-12/h3-8H,2,10H2,1H3. The minimum atomic E-state index is -0.504. The van der Waals surface area contributed by atoms with Gasteiger partial charge in [-0.15, -0.1) is 0 Å². The third-order valence-corrected chi connectivity index (χ3v) is 5.62. The number of rotatable bonds is 4. The van der Waals surface area contributed by atoms with Gasteiger partial charge in [0.25, 0.3) is 5.91 Å². The number of nitrogens with zero attached hydrogens (tertiary/aromatic N) is 3. The number of hydrogen-bond acceptors (Lipinski definition) is 5. The number of carbonyl (C=O) groups is 2. The van der Waals surface area contributed by atoms with E-state index in [-0.39, 0.29) is 18.2 Å². The Hall–Kier alpha value is -2.66. The van der Waals surface area contributed by atoms with Crippen LogP contribution >= 0.6 is 34.5 Å². The van der Waals surface area contributed by atoms with E-state index in [1.807, 2.05) is 6.07 Å². The second-order valence-electron chi connectivity index (χ2n) is 5.59. The molecule has 0 saturated carbocycles. The molecule has 3 rings (SSSR count). The molecule has 0 aliphatic rings. The van der Waals surface area contributed by atoms with E-state index in [1.165, 1.54) is 40.2 Å². The van der Waals surface area contributed by atoms with Gasteiger partial charge in [0.1, 0.15) is 6.54 Å². The van der Waals surface area contributed by atoms with Crippen molar-refractivity contribution < 1.29 is 14.3 Å². The summed E-state index contributed by atoms with van der Waals surface area (Å²) in [7, 11) is 0. The van der Waals surface area contributed by atoms with Gasteiger partial charge in [0.05, 0.1) is 38.5 Å². The van der Waals surface area contributed by atoms with Crippen LogP contribution in [-0.4, -0.2) is 23.1 Å². The maximum Gasteiger partial charge on any atom is 0.326 e. The van der Waals surface area contributed by atoms with Gasteiger partial charge < -0.3 is 9.30 Å². The topological polar surface area (TPSA) is 84.5 Å². The second kappa shape index (κ2) is 8.57. The lowest BCUT2D eigenvalue weighted by molar-refractivity contribution is -0.143. The van der Waals surface area contributed by atoms with E-state index in [0.29, 0.717) is 26.5 Å². The number of carbonyl (C=O) groups excluding carboxylic acids is 2. The summed E-state index contributed by atoms with van der Waals surface area (Å²) in [5, 5.41) is 9.47. The summed E-state index contributed by atoms with van der Waals surface area (Å²) < 4.78 is 7.26. The molecule has 2 aromatic carbocycles. The predicted octanol–water partition coefficient (Wildman–Crippen LogP) is 4.19. The van der Waals surface area contributed by atoms with E-state index in [2.05, 4.69) is 4.99 Å². The highest BCUT2D eigenvalue weighted by molar-refractivity contribution is 7.16. The molecule has 0 N–H and O–H groups in total. The highest BCUT2D eigenvalue weighted by Gasteiger charge is 2.16. The van der Waals surface area contributed by atoms with Crippen molar-refractivity contribution in [3.05, 3.63) is 62.4 Å². The van der Waals surface area contributed by atoms with Crippen molar-refractivity contribution in [3.63, 3.8) is 0 Å². The number of nitriles is 1. The molecule has 1 aromatic heterocycles. The van der Waals surface area contributed by atoms with Crippen molar-refractivity contribution >= 4 is 56.6 Å². The van der Waals surface area contributed by atoms with Gasteiger partial charge >= 0.3 is 5.97 Å². The molecule has 0 saturated heterocycles. The third-order valence-electron chi connectivity index (χ3n) is 3.78. The maximum absolute atomic E-state index is 12.6. The average molecular weight is 434 g/mol. The molecule has 9 heteroatoms. The van der Waals surface area contributed by atoms with Crippen LogP contribution < -0.4 is 4.80 Å². The Morgan fingerprint density at radius 2 is 1.93 bits per heavy atom. The fourth-order valence-corrected chi connectivity index (χ4v) is 4.02. The number of hydrogen-bond donors (Lipinski definition) is 0. The van der Waals surface area contributed by atoms with Gasteiger partial charge in [0, 0.05) is 5.56 Å². The van der Waals surface area contributed by atoms with Crippen LogP contribution in [0.2, 0.25) is 10.0 Å². The van der Waals surface area contributed by atoms with Crippen LogP contribution in [0.3, 0.4) is 0 Å².